The fourth-order valence-corrected chi connectivity index (χ4v) is 3.98. The Balaban J connectivity index is 1.16. The minimum Gasteiger partial charge on any atom is -0.461 e. The zero-order chi connectivity index (χ0) is 28.6. The smallest absolute Gasteiger partial charge is 0.326 e. The molecule has 4 heterocycles. The lowest BCUT2D eigenvalue weighted by atomic mass is 10.1. The van der Waals surface area contributed by atoms with Crippen LogP contribution < -0.4 is 21.7 Å². The summed E-state index contributed by atoms with van der Waals surface area (Å²) >= 11 is 0. The van der Waals surface area contributed by atoms with Crippen molar-refractivity contribution in [3.05, 3.63) is 54.4 Å². The summed E-state index contributed by atoms with van der Waals surface area (Å²) in [6.45, 7) is 2.68. The SMILES string of the molecule is Cn1cc2c(nc(NC(=O)Nc3ccc(CC(=O)NCCOCCOCCN)cc3)n3nc(-c4ccco4)nc23)n1. The second kappa shape index (κ2) is 13.0. The minimum absolute atomic E-state index is 0.131. The average molecular weight is 563 g/mol. The van der Waals surface area contributed by atoms with E-state index >= 15 is 0 Å². The van der Waals surface area contributed by atoms with Crippen LogP contribution in [0.1, 0.15) is 5.56 Å². The molecule has 0 spiro atoms. The van der Waals surface area contributed by atoms with E-state index in [2.05, 4.69) is 36.1 Å². The molecule has 0 saturated carbocycles. The van der Waals surface area contributed by atoms with Crippen molar-refractivity contribution in [3.8, 4) is 11.6 Å². The van der Waals surface area contributed by atoms with Gasteiger partial charge in [0, 0.05) is 32.0 Å². The van der Waals surface area contributed by atoms with Crippen LogP contribution in [-0.2, 0) is 27.7 Å². The maximum atomic E-state index is 12.9. The largest absolute Gasteiger partial charge is 0.461 e. The molecular formula is C26H30N10O5. The van der Waals surface area contributed by atoms with Gasteiger partial charge in [-0.15, -0.1) is 5.10 Å². The third kappa shape index (κ3) is 7.02. The summed E-state index contributed by atoms with van der Waals surface area (Å²) in [5, 5.41) is 17.8. The number of nitrogens with two attached hydrogens (primary N) is 1. The summed E-state index contributed by atoms with van der Waals surface area (Å²) in [6.07, 6.45) is 3.50. The highest BCUT2D eigenvalue weighted by molar-refractivity contribution is 6.00. The molecule has 0 aliphatic carbocycles. The summed E-state index contributed by atoms with van der Waals surface area (Å²) in [4.78, 5) is 34.1. The van der Waals surface area contributed by atoms with Crippen molar-refractivity contribution in [2.75, 3.05) is 50.2 Å². The van der Waals surface area contributed by atoms with Gasteiger partial charge in [0.2, 0.25) is 17.7 Å². The Morgan fingerprint density at radius 3 is 2.56 bits per heavy atom. The summed E-state index contributed by atoms with van der Waals surface area (Å²) in [6, 6.07) is 9.90. The van der Waals surface area contributed by atoms with E-state index in [0.717, 1.165) is 5.56 Å². The van der Waals surface area contributed by atoms with Gasteiger partial charge in [-0.05, 0) is 29.8 Å². The van der Waals surface area contributed by atoms with Crippen molar-refractivity contribution in [3.63, 3.8) is 0 Å². The van der Waals surface area contributed by atoms with Crippen molar-refractivity contribution in [2.24, 2.45) is 12.8 Å². The first-order valence-electron chi connectivity index (χ1n) is 12.9. The topological polar surface area (TPSA) is 189 Å². The quantitative estimate of drug-likeness (QED) is 0.153. The van der Waals surface area contributed by atoms with Gasteiger partial charge in [-0.3, -0.25) is 14.8 Å². The monoisotopic (exact) mass is 562 g/mol. The molecule has 0 radical (unpaired) electrons. The van der Waals surface area contributed by atoms with Crippen LogP contribution >= 0.6 is 0 Å². The number of amides is 3. The van der Waals surface area contributed by atoms with Crippen LogP contribution in [0.5, 0.6) is 0 Å². The van der Waals surface area contributed by atoms with E-state index in [1.165, 1.54) is 10.8 Å². The lowest BCUT2D eigenvalue weighted by molar-refractivity contribution is -0.120. The molecule has 0 saturated heterocycles. The van der Waals surface area contributed by atoms with Crippen LogP contribution in [0.3, 0.4) is 0 Å². The Bertz CT molecular complexity index is 1610. The number of carbonyl (C=O) groups excluding carboxylic acids is 2. The van der Waals surface area contributed by atoms with Gasteiger partial charge in [0.1, 0.15) is 0 Å². The Kier molecular flexibility index (Phi) is 8.78. The molecule has 15 heteroatoms. The molecule has 5 aromatic rings. The molecule has 0 bridgehead atoms. The molecule has 1 aromatic carbocycles. The number of furan rings is 1. The predicted molar refractivity (Wildman–Crippen MR) is 149 cm³/mol. The lowest BCUT2D eigenvalue weighted by Crippen LogP contribution is -2.29. The summed E-state index contributed by atoms with van der Waals surface area (Å²) in [7, 11) is 1.77. The van der Waals surface area contributed by atoms with Crippen LogP contribution in [0, 0.1) is 0 Å². The number of fused-ring (bicyclic) bond motifs is 3. The highest BCUT2D eigenvalue weighted by atomic mass is 16.5. The Morgan fingerprint density at radius 1 is 1.00 bits per heavy atom. The number of benzene rings is 1. The van der Waals surface area contributed by atoms with E-state index in [4.69, 9.17) is 19.6 Å². The summed E-state index contributed by atoms with van der Waals surface area (Å²) in [5.41, 5.74) is 7.54. The predicted octanol–water partition coefficient (Wildman–Crippen LogP) is 1.57. The van der Waals surface area contributed by atoms with E-state index in [1.807, 2.05) is 0 Å². The van der Waals surface area contributed by atoms with Gasteiger partial charge in [-0.2, -0.15) is 14.6 Å². The summed E-state index contributed by atoms with van der Waals surface area (Å²) < 4.78 is 19.1. The third-order valence-electron chi connectivity index (χ3n) is 5.82. The molecule has 0 fully saturated rings. The fourth-order valence-electron chi connectivity index (χ4n) is 3.98. The fraction of sp³-hybridized carbons (Fsp3) is 0.308. The number of nitrogens with one attached hydrogen (secondary N) is 3. The summed E-state index contributed by atoms with van der Waals surface area (Å²) in [5.74, 6) is 0.826. The number of nitrogens with zero attached hydrogens (tertiary/aromatic N) is 6. The van der Waals surface area contributed by atoms with Gasteiger partial charge < -0.3 is 30.3 Å². The lowest BCUT2D eigenvalue weighted by Gasteiger charge is -2.09. The number of hydrogen-bond acceptors (Lipinski definition) is 10. The highest BCUT2D eigenvalue weighted by Crippen LogP contribution is 2.24. The number of urea groups is 1. The molecule has 0 unspecified atom stereocenters. The Hall–Kier alpha value is -4.86. The van der Waals surface area contributed by atoms with Crippen LogP contribution in [0.25, 0.3) is 28.3 Å². The van der Waals surface area contributed by atoms with Gasteiger partial charge >= 0.3 is 6.03 Å². The van der Waals surface area contributed by atoms with Crippen molar-refractivity contribution in [1.29, 1.82) is 0 Å². The normalized spacial score (nSPS) is 11.3. The van der Waals surface area contributed by atoms with E-state index in [0.29, 0.717) is 73.5 Å². The van der Waals surface area contributed by atoms with Crippen LogP contribution in [0.2, 0.25) is 0 Å². The van der Waals surface area contributed by atoms with Gasteiger partial charge in [-0.25, -0.2) is 9.78 Å². The number of aromatic nitrogens is 6. The first kappa shape index (κ1) is 27.7. The van der Waals surface area contributed by atoms with Crippen LogP contribution in [0.4, 0.5) is 16.4 Å². The van der Waals surface area contributed by atoms with Gasteiger partial charge in [0.05, 0.1) is 44.5 Å². The van der Waals surface area contributed by atoms with Crippen molar-refractivity contribution in [1.82, 2.24) is 34.7 Å². The number of ether oxygens (including phenoxy) is 2. The third-order valence-corrected chi connectivity index (χ3v) is 5.82. The molecule has 0 atom stereocenters. The number of hydrogen-bond donors (Lipinski definition) is 4. The number of rotatable bonds is 13. The molecule has 214 valence electrons. The maximum Gasteiger partial charge on any atom is 0.326 e. The van der Waals surface area contributed by atoms with E-state index in [1.54, 1.807) is 54.3 Å². The average Bonchev–Trinajstić information content (AvgIpc) is 3.71. The van der Waals surface area contributed by atoms with Crippen molar-refractivity contribution >= 4 is 40.3 Å². The van der Waals surface area contributed by atoms with E-state index in [9.17, 15) is 9.59 Å². The number of carbonyl (C=O) groups is 2. The molecule has 5 rings (SSSR count). The minimum atomic E-state index is -0.539. The molecule has 4 aromatic heterocycles. The number of aryl methyl sites for hydroxylation is 1. The Labute approximate surface area is 234 Å². The van der Waals surface area contributed by atoms with Gasteiger partial charge in [-0.1, -0.05) is 12.1 Å². The Morgan fingerprint density at radius 2 is 1.80 bits per heavy atom. The second-order valence-corrected chi connectivity index (χ2v) is 8.94. The first-order chi connectivity index (χ1) is 20.0. The molecular weight excluding hydrogens is 532 g/mol. The van der Waals surface area contributed by atoms with Crippen LogP contribution in [-0.4, -0.2) is 80.8 Å². The molecule has 41 heavy (non-hydrogen) atoms. The maximum absolute atomic E-state index is 12.9. The zero-order valence-corrected chi connectivity index (χ0v) is 22.4. The zero-order valence-electron chi connectivity index (χ0n) is 22.4. The highest BCUT2D eigenvalue weighted by Gasteiger charge is 2.19. The molecule has 15 nitrogen and oxygen atoms in total. The second-order valence-electron chi connectivity index (χ2n) is 8.94. The first-order valence-corrected chi connectivity index (χ1v) is 12.9. The van der Waals surface area contributed by atoms with Gasteiger partial charge in [0.25, 0.3) is 0 Å². The standard InChI is InChI=1S/C26H30N10O5/c1-35-16-19-22(33-35)31-25(36-24(19)30-23(34-36)20-3-2-10-41-20)32-26(38)29-18-6-4-17(5-7-18)15-21(37)28-9-12-40-14-13-39-11-8-27/h2-7,10,16H,8-9,11-15,27H2,1H3,(H,28,37)(H2,29,31,32,33,38). The molecule has 3 amide bonds. The number of anilines is 2. The van der Waals surface area contributed by atoms with E-state index in [-0.39, 0.29) is 18.3 Å². The molecule has 0 aliphatic heterocycles. The van der Waals surface area contributed by atoms with Gasteiger partial charge in [0.15, 0.2) is 17.1 Å². The molecule has 5 N–H and O–H groups in total. The van der Waals surface area contributed by atoms with Crippen molar-refractivity contribution in [2.45, 2.75) is 6.42 Å². The van der Waals surface area contributed by atoms with E-state index < -0.39 is 6.03 Å². The molecule has 0 aliphatic rings. The van der Waals surface area contributed by atoms with Crippen molar-refractivity contribution < 1.29 is 23.5 Å². The van der Waals surface area contributed by atoms with Crippen LogP contribution in [0.15, 0.2) is 53.3 Å².